The first-order valence-electron chi connectivity index (χ1n) is 6.56. The lowest BCUT2D eigenvalue weighted by atomic mass is 10.1. The largest absolute Gasteiger partial charge is 0.444 e. The summed E-state index contributed by atoms with van der Waals surface area (Å²) < 4.78 is 5.27. The first-order valence-corrected chi connectivity index (χ1v) is 6.56. The van der Waals surface area contributed by atoms with E-state index in [9.17, 15) is 4.79 Å². The summed E-state index contributed by atoms with van der Waals surface area (Å²) >= 11 is 0. The van der Waals surface area contributed by atoms with Crippen LogP contribution >= 0.6 is 24.0 Å². The first kappa shape index (κ1) is 19.3. The van der Waals surface area contributed by atoms with E-state index in [4.69, 9.17) is 10.5 Å². The van der Waals surface area contributed by atoms with Gasteiger partial charge >= 0.3 is 6.09 Å². The van der Waals surface area contributed by atoms with Crippen molar-refractivity contribution in [2.24, 2.45) is 10.7 Å². The predicted molar refractivity (Wildman–Crippen MR) is 91.5 cm³/mol. The molecule has 1 heterocycles. The van der Waals surface area contributed by atoms with Crippen LogP contribution in [0, 0.1) is 0 Å². The quantitative estimate of drug-likeness (QED) is 0.402. The van der Waals surface area contributed by atoms with Crippen LogP contribution in [-0.2, 0) is 4.74 Å². The third kappa shape index (κ3) is 7.16. The van der Waals surface area contributed by atoms with Crippen molar-refractivity contribution in [3.8, 4) is 0 Å². The SMILES string of the molecule is CC(C)(C)NC(N)=NC1CN(C(=O)OC(C)(C)C)C1.I. The Morgan fingerprint density at radius 1 is 1.25 bits per heavy atom. The molecule has 1 fully saturated rings. The molecule has 0 aromatic rings. The van der Waals surface area contributed by atoms with E-state index in [0.29, 0.717) is 19.0 Å². The molecule has 1 aliphatic heterocycles. The molecule has 1 rings (SSSR count). The van der Waals surface area contributed by atoms with Gasteiger partial charge in [0.05, 0.1) is 6.04 Å². The fourth-order valence-corrected chi connectivity index (χ4v) is 1.63. The Labute approximate surface area is 138 Å². The molecule has 0 spiro atoms. The Bertz CT molecular complexity index is 366. The van der Waals surface area contributed by atoms with Crippen molar-refractivity contribution in [2.75, 3.05) is 13.1 Å². The minimum Gasteiger partial charge on any atom is -0.444 e. The number of guanidine groups is 1. The maximum Gasteiger partial charge on any atom is 0.410 e. The fraction of sp³-hybridized carbons (Fsp3) is 0.846. The summed E-state index contributed by atoms with van der Waals surface area (Å²) in [6.45, 7) is 12.7. The molecule has 20 heavy (non-hydrogen) atoms. The molecule has 6 nitrogen and oxygen atoms in total. The molecule has 0 atom stereocenters. The van der Waals surface area contributed by atoms with Gasteiger partial charge in [0.2, 0.25) is 0 Å². The zero-order valence-corrected chi connectivity index (χ0v) is 15.5. The van der Waals surface area contributed by atoms with Gasteiger partial charge in [0.1, 0.15) is 5.60 Å². The van der Waals surface area contributed by atoms with Gasteiger partial charge in [0.15, 0.2) is 5.96 Å². The second kappa shape index (κ2) is 6.82. The molecule has 1 aliphatic rings. The molecule has 0 saturated carbocycles. The van der Waals surface area contributed by atoms with E-state index in [1.807, 2.05) is 41.5 Å². The maximum absolute atomic E-state index is 11.7. The van der Waals surface area contributed by atoms with Gasteiger partial charge in [0.25, 0.3) is 0 Å². The van der Waals surface area contributed by atoms with Crippen LogP contribution in [-0.4, -0.2) is 47.2 Å². The molecule has 0 aromatic carbocycles. The normalized spacial score (nSPS) is 17.1. The van der Waals surface area contributed by atoms with Gasteiger partial charge in [0, 0.05) is 18.6 Å². The number of nitrogens with zero attached hydrogens (tertiary/aromatic N) is 2. The number of rotatable bonds is 1. The highest BCUT2D eigenvalue weighted by atomic mass is 127. The second-order valence-electron chi connectivity index (χ2n) is 6.93. The van der Waals surface area contributed by atoms with Gasteiger partial charge in [-0.05, 0) is 41.5 Å². The highest BCUT2D eigenvalue weighted by molar-refractivity contribution is 14.0. The van der Waals surface area contributed by atoms with E-state index in [-0.39, 0.29) is 41.7 Å². The zero-order chi connectivity index (χ0) is 14.8. The van der Waals surface area contributed by atoms with E-state index >= 15 is 0 Å². The van der Waals surface area contributed by atoms with Crippen molar-refractivity contribution < 1.29 is 9.53 Å². The maximum atomic E-state index is 11.7. The second-order valence-corrected chi connectivity index (χ2v) is 6.93. The number of halogens is 1. The standard InChI is InChI=1S/C13H26N4O2.HI/c1-12(2,3)16-10(14)15-9-7-17(8-9)11(18)19-13(4,5)6;/h9H,7-8H2,1-6H3,(H3,14,15,16);1H. The van der Waals surface area contributed by atoms with Gasteiger partial charge in [-0.2, -0.15) is 0 Å². The van der Waals surface area contributed by atoms with Gasteiger partial charge in [-0.3, -0.25) is 0 Å². The van der Waals surface area contributed by atoms with E-state index in [1.165, 1.54) is 0 Å². The summed E-state index contributed by atoms with van der Waals surface area (Å²) in [5.74, 6) is 0.418. The van der Waals surface area contributed by atoms with Crippen LogP contribution in [0.15, 0.2) is 4.99 Å². The van der Waals surface area contributed by atoms with Gasteiger partial charge in [-0.15, -0.1) is 24.0 Å². The van der Waals surface area contributed by atoms with Crippen LogP contribution in [0.1, 0.15) is 41.5 Å². The van der Waals surface area contributed by atoms with Crippen LogP contribution in [0.3, 0.4) is 0 Å². The van der Waals surface area contributed by atoms with E-state index in [2.05, 4.69) is 10.3 Å². The predicted octanol–water partition coefficient (Wildman–Crippen LogP) is 1.93. The minimum atomic E-state index is -0.460. The van der Waals surface area contributed by atoms with Crippen molar-refractivity contribution in [3.63, 3.8) is 0 Å². The summed E-state index contributed by atoms with van der Waals surface area (Å²) in [5, 5.41) is 3.09. The van der Waals surface area contributed by atoms with Crippen molar-refractivity contribution >= 4 is 36.0 Å². The van der Waals surface area contributed by atoms with E-state index < -0.39 is 5.60 Å². The lowest BCUT2D eigenvalue weighted by Crippen LogP contribution is -2.55. The molecular weight excluding hydrogens is 371 g/mol. The summed E-state index contributed by atoms with van der Waals surface area (Å²) in [6, 6.07) is 0.0577. The number of ether oxygens (including phenoxy) is 1. The summed E-state index contributed by atoms with van der Waals surface area (Å²) in [6.07, 6.45) is -0.290. The van der Waals surface area contributed by atoms with Crippen LogP contribution < -0.4 is 11.1 Å². The Morgan fingerprint density at radius 3 is 2.15 bits per heavy atom. The van der Waals surface area contributed by atoms with Crippen molar-refractivity contribution in [3.05, 3.63) is 0 Å². The Hall–Kier alpha value is -0.730. The molecule has 7 heteroatoms. The lowest BCUT2D eigenvalue weighted by molar-refractivity contribution is 0.00900. The molecule has 118 valence electrons. The first-order chi connectivity index (χ1) is 8.46. The van der Waals surface area contributed by atoms with Crippen LogP contribution in [0.4, 0.5) is 4.79 Å². The lowest BCUT2D eigenvalue weighted by Gasteiger charge is -2.38. The van der Waals surface area contributed by atoms with E-state index in [0.717, 1.165) is 0 Å². The van der Waals surface area contributed by atoms with E-state index in [1.54, 1.807) is 4.90 Å². The smallest absolute Gasteiger partial charge is 0.410 e. The minimum absolute atomic E-state index is 0. The number of carbonyl (C=O) groups excluding carboxylic acids is 1. The summed E-state index contributed by atoms with van der Waals surface area (Å²) in [5.41, 5.74) is 5.23. The van der Waals surface area contributed by atoms with Crippen LogP contribution in [0.5, 0.6) is 0 Å². The number of likely N-dealkylation sites (tertiary alicyclic amines) is 1. The molecule has 0 bridgehead atoms. The Balaban J connectivity index is 0.00000361. The number of amides is 1. The van der Waals surface area contributed by atoms with Gasteiger partial charge in [-0.25, -0.2) is 9.79 Å². The van der Waals surface area contributed by atoms with Crippen molar-refractivity contribution in [1.29, 1.82) is 0 Å². The highest BCUT2D eigenvalue weighted by Gasteiger charge is 2.33. The Morgan fingerprint density at radius 2 is 1.75 bits per heavy atom. The summed E-state index contributed by atoms with van der Waals surface area (Å²) in [4.78, 5) is 17.7. The monoisotopic (exact) mass is 398 g/mol. The average molecular weight is 398 g/mol. The van der Waals surface area contributed by atoms with Crippen molar-refractivity contribution in [2.45, 2.75) is 58.7 Å². The average Bonchev–Trinajstić information content (AvgIpc) is 2.03. The number of hydrogen-bond acceptors (Lipinski definition) is 3. The molecule has 0 aromatic heterocycles. The van der Waals surface area contributed by atoms with Gasteiger partial charge < -0.3 is 20.7 Å². The topological polar surface area (TPSA) is 80.0 Å². The third-order valence-electron chi connectivity index (χ3n) is 2.34. The number of hydrogen-bond donors (Lipinski definition) is 2. The molecule has 3 N–H and O–H groups in total. The zero-order valence-electron chi connectivity index (χ0n) is 13.2. The third-order valence-corrected chi connectivity index (χ3v) is 2.34. The summed E-state index contributed by atoms with van der Waals surface area (Å²) in [7, 11) is 0. The molecular formula is C13H27IN4O2. The molecule has 0 aliphatic carbocycles. The molecule has 1 saturated heterocycles. The number of carbonyl (C=O) groups is 1. The number of aliphatic imine (C=N–C) groups is 1. The fourth-order valence-electron chi connectivity index (χ4n) is 1.63. The van der Waals surface area contributed by atoms with Crippen LogP contribution in [0.2, 0.25) is 0 Å². The van der Waals surface area contributed by atoms with Crippen LogP contribution in [0.25, 0.3) is 0 Å². The molecule has 0 unspecified atom stereocenters. The van der Waals surface area contributed by atoms with Gasteiger partial charge in [-0.1, -0.05) is 0 Å². The molecule has 1 amide bonds. The highest BCUT2D eigenvalue weighted by Crippen LogP contribution is 2.17. The van der Waals surface area contributed by atoms with Crippen molar-refractivity contribution in [1.82, 2.24) is 10.2 Å². The molecule has 0 radical (unpaired) electrons. The number of nitrogens with one attached hydrogen (secondary N) is 1. The Kier molecular flexibility index (Phi) is 6.57. The number of nitrogens with two attached hydrogens (primary N) is 1.